The summed E-state index contributed by atoms with van der Waals surface area (Å²) in [4.78, 5) is 0.752. The Morgan fingerprint density at radius 3 is 2.31 bits per heavy atom. The van der Waals surface area contributed by atoms with Crippen LogP contribution in [0.4, 0.5) is 0 Å². The lowest BCUT2D eigenvalue weighted by molar-refractivity contribution is 0.548. The van der Waals surface area contributed by atoms with E-state index in [1.165, 1.54) is 0 Å². The number of hydrogen-bond donors (Lipinski definition) is 1. The van der Waals surface area contributed by atoms with Crippen LogP contribution in [0.25, 0.3) is 11.3 Å². The highest BCUT2D eigenvalue weighted by molar-refractivity contribution is 7.80. The molecule has 1 N–H and O–H groups in total. The van der Waals surface area contributed by atoms with Gasteiger partial charge in [-0.3, -0.25) is 0 Å². The monoisotopic (exact) mass is 231 g/mol. The number of hydrogen-bond acceptors (Lipinski definition) is 2. The van der Waals surface area contributed by atoms with Crippen LogP contribution in [0.2, 0.25) is 0 Å². The summed E-state index contributed by atoms with van der Waals surface area (Å²) < 4.78 is 5.55. The predicted molar refractivity (Wildman–Crippen MR) is 69.6 cm³/mol. The molecule has 0 aliphatic heterocycles. The van der Waals surface area contributed by atoms with Crippen LogP contribution in [-0.4, -0.2) is 12.0 Å². The first-order valence-corrected chi connectivity index (χ1v) is 5.50. The molecule has 0 aliphatic rings. The van der Waals surface area contributed by atoms with Gasteiger partial charge >= 0.3 is 0 Å². The van der Waals surface area contributed by atoms with Crippen LogP contribution in [0.15, 0.2) is 40.8 Å². The van der Waals surface area contributed by atoms with Crippen LogP contribution in [0.1, 0.15) is 11.3 Å². The Balaban J connectivity index is 2.29. The van der Waals surface area contributed by atoms with Crippen molar-refractivity contribution in [3.05, 3.63) is 47.7 Å². The lowest BCUT2D eigenvalue weighted by atomic mass is 10.1. The Kier molecular flexibility index (Phi) is 3.06. The van der Waals surface area contributed by atoms with Crippen molar-refractivity contribution in [3.8, 4) is 11.3 Å². The number of furan rings is 1. The van der Waals surface area contributed by atoms with Crippen LogP contribution >= 0.6 is 12.2 Å². The Morgan fingerprint density at radius 2 is 1.81 bits per heavy atom. The molecule has 16 heavy (non-hydrogen) atoms. The molecule has 0 atom stereocenters. The molecule has 1 aromatic carbocycles. The maximum absolute atomic E-state index is 5.55. The second-order valence-electron chi connectivity index (χ2n) is 3.57. The second-order valence-corrected chi connectivity index (χ2v) is 3.98. The van der Waals surface area contributed by atoms with Crippen molar-refractivity contribution < 1.29 is 4.42 Å². The number of benzene rings is 1. The summed E-state index contributed by atoms with van der Waals surface area (Å²) >= 11 is 5.15. The van der Waals surface area contributed by atoms with Gasteiger partial charge in [0, 0.05) is 18.2 Å². The largest absolute Gasteiger partial charge is 0.461 e. The van der Waals surface area contributed by atoms with E-state index in [1.54, 1.807) is 0 Å². The molecule has 2 rings (SSSR count). The van der Waals surface area contributed by atoms with Crippen LogP contribution in [0, 0.1) is 6.92 Å². The van der Waals surface area contributed by atoms with Gasteiger partial charge in [-0.25, -0.2) is 0 Å². The highest BCUT2D eigenvalue weighted by Crippen LogP contribution is 2.22. The van der Waals surface area contributed by atoms with E-state index in [4.69, 9.17) is 16.6 Å². The molecular weight excluding hydrogens is 218 g/mol. The van der Waals surface area contributed by atoms with Crippen molar-refractivity contribution in [2.45, 2.75) is 6.92 Å². The van der Waals surface area contributed by atoms with Gasteiger partial charge in [0.15, 0.2) is 0 Å². The van der Waals surface area contributed by atoms with E-state index >= 15 is 0 Å². The minimum atomic E-state index is 0.752. The maximum Gasteiger partial charge on any atom is 0.134 e. The zero-order valence-electron chi connectivity index (χ0n) is 9.28. The van der Waals surface area contributed by atoms with Gasteiger partial charge in [0.2, 0.25) is 0 Å². The first-order valence-electron chi connectivity index (χ1n) is 5.09. The Bertz CT molecular complexity index is 499. The van der Waals surface area contributed by atoms with E-state index in [2.05, 4.69) is 5.32 Å². The fraction of sp³-hybridized carbons (Fsp3) is 0.154. The van der Waals surface area contributed by atoms with Crippen LogP contribution in [-0.2, 0) is 0 Å². The van der Waals surface area contributed by atoms with Crippen molar-refractivity contribution in [3.63, 3.8) is 0 Å². The number of aryl methyl sites for hydroxylation is 1. The molecule has 0 unspecified atom stereocenters. The minimum Gasteiger partial charge on any atom is -0.461 e. The SMILES string of the molecule is CNC(=S)c1ccc(-c2ccc(C)o2)cc1. The third-order valence-corrected chi connectivity index (χ3v) is 2.84. The molecule has 2 aromatic rings. The van der Waals surface area contributed by atoms with Gasteiger partial charge in [-0.1, -0.05) is 36.5 Å². The predicted octanol–water partition coefficient (Wildman–Crippen LogP) is 3.15. The Labute approximate surface area is 100 Å². The molecular formula is C13H13NOS. The molecule has 0 bridgehead atoms. The van der Waals surface area contributed by atoms with Gasteiger partial charge in [0.25, 0.3) is 0 Å². The molecule has 1 heterocycles. The molecule has 1 aromatic heterocycles. The van der Waals surface area contributed by atoms with Gasteiger partial charge in [-0.05, 0) is 19.1 Å². The molecule has 3 heteroatoms. The zero-order valence-corrected chi connectivity index (χ0v) is 10.1. The third-order valence-electron chi connectivity index (χ3n) is 2.40. The average Bonchev–Trinajstić information content (AvgIpc) is 2.75. The first kappa shape index (κ1) is 10.9. The molecule has 2 nitrogen and oxygen atoms in total. The molecule has 0 fully saturated rings. The fourth-order valence-electron chi connectivity index (χ4n) is 1.52. The van der Waals surface area contributed by atoms with Crippen molar-refractivity contribution in [2.75, 3.05) is 7.05 Å². The normalized spacial score (nSPS) is 10.1. The summed E-state index contributed by atoms with van der Waals surface area (Å²) in [7, 11) is 1.83. The summed E-state index contributed by atoms with van der Waals surface area (Å²) in [5.74, 6) is 1.81. The summed E-state index contributed by atoms with van der Waals surface area (Å²) in [6, 6.07) is 11.9. The lowest BCUT2D eigenvalue weighted by Gasteiger charge is -2.03. The molecule has 0 saturated heterocycles. The second kappa shape index (κ2) is 4.49. The maximum atomic E-state index is 5.55. The van der Waals surface area contributed by atoms with E-state index in [9.17, 15) is 0 Å². The van der Waals surface area contributed by atoms with Gasteiger partial charge in [-0.15, -0.1) is 0 Å². The summed E-state index contributed by atoms with van der Waals surface area (Å²) in [6.45, 7) is 1.94. The van der Waals surface area contributed by atoms with Gasteiger partial charge in [0.05, 0.1) is 0 Å². The highest BCUT2D eigenvalue weighted by atomic mass is 32.1. The van der Waals surface area contributed by atoms with E-state index in [0.717, 1.165) is 27.6 Å². The van der Waals surface area contributed by atoms with Crippen LogP contribution < -0.4 is 5.32 Å². The third kappa shape index (κ3) is 2.14. The Morgan fingerprint density at radius 1 is 1.12 bits per heavy atom. The van der Waals surface area contributed by atoms with E-state index in [-0.39, 0.29) is 0 Å². The summed E-state index contributed by atoms with van der Waals surface area (Å²) in [6.07, 6.45) is 0. The van der Waals surface area contributed by atoms with Crippen LogP contribution in [0.5, 0.6) is 0 Å². The molecule has 0 radical (unpaired) electrons. The van der Waals surface area contributed by atoms with Crippen LogP contribution in [0.3, 0.4) is 0 Å². The van der Waals surface area contributed by atoms with Gasteiger partial charge < -0.3 is 9.73 Å². The summed E-state index contributed by atoms with van der Waals surface area (Å²) in [5, 5.41) is 2.95. The number of rotatable bonds is 2. The smallest absolute Gasteiger partial charge is 0.134 e. The van der Waals surface area contributed by atoms with Gasteiger partial charge in [0.1, 0.15) is 16.5 Å². The molecule has 0 spiro atoms. The van der Waals surface area contributed by atoms with E-state index in [1.807, 2.05) is 50.4 Å². The molecule has 0 aliphatic carbocycles. The lowest BCUT2D eigenvalue weighted by Crippen LogP contribution is -2.16. The number of thiocarbonyl (C=S) groups is 1. The molecule has 0 amide bonds. The Hall–Kier alpha value is -1.61. The zero-order chi connectivity index (χ0) is 11.5. The van der Waals surface area contributed by atoms with Crippen molar-refractivity contribution >= 4 is 17.2 Å². The summed E-state index contributed by atoms with van der Waals surface area (Å²) in [5.41, 5.74) is 2.08. The quantitative estimate of drug-likeness (QED) is 0.804. The van der Waals surface area contributed by atoms with Crippen molar-refractivity contribution in [2.24, 2.45) is 0 Å². The fourth-order valence-corrected chi connectivity index (χ4v) is 1.66. The van der Waals surface area contributed by atoms with Gasteiger partial charge in [-0.2, -0.15) is 0 Å². The standard InChI is InChI=1S/C13H13NOS/c1-9-3-8-12(15-9)10-4-6-11(7-5-10)13(16)14-2/h3-8H,1-2H3,(H,14,16). The van der Waals surface area contributed by atoms with Crippen molar-refractivity contribution in [1.29, 1.82) is 0 Å². The topological polar surface area (TPSA) is 25.2 Å². The number of nitrogens with one attached hydrogen (secondary N) is 1. The highest BCUT2D eigenvalue weighted by Gasteiger charge is 2.03. The van der Waals surface area contributed by atoms with Crippen molar-refractivity contribution in [1.82, 2.24) is 5.32 Å². The minimum absolute atomic E-state index is 0.752. The molecule has 82 valence electrons. The first-order chi connectivity index (χ1) is 7.70. The average molecular weight is 231 g/mol. The van der Waals surface area contributed by atoms with E-state index in [0.29, 0.717) is 0 Å². The van der Waals surface area contributed by atoms with E-state index < -0.39 is 0 Å². The molecule has 0 saturated carbocycles.